The van der Waals surface area contributed by atoms with Crippen LogP contribution in [0.15, 0.2) is 95.8 Å². The minimum Gasteiger partial charge on any atom is -0.495 e. The first-order valence-corrected chi connectivity index (χ1v) is 14.9. The number of anilines is 2. The van der Waals surface area contributed by atoms with Gasteiger partial charge in [0.2, 0.25) is 0 Å². The molecule has 1 aliphatic rings. The summed E-state index contributed by atoms with van der Waals surface area (Å²) in [5.41, 5.74) is 2.37. The average Bonchev–Trinajstić information content (AvgIpc) is 3.10. The molecule has 4 amide bonds. The van der Waals surface area contributed by atoms with E-state index in [1.54, 1.807) is 77.7 Å². The molecule has 1 aromatic heterocycles. The topological polar surface area (TPSA) is 137 Å². The van der Waals surface area contributed by atoms with Crippen LogP contribution in [0.4, 0.5) is 20.6 Å². The number of methoxy groups -OCH3 is 1. The fraction of sp³-hybridized carbons (Fsp3) is 0.171. The van der Waals surface area contributed by atoms with Gasteiger partial charge in [0.25, 0.3) is 17.4 Å². The number of aromatic amines is 1. The average molecular weight is 635 g/mol. The Hall–Kier alpha value is -6.04. The van der Waals surface area contributed by atoms with Crippen LogP contribution in [0.2, 0.25) is 0 Å². The first-order valence-electron chi connectivity index (χ1n) is 14.9. The maximum absolute atomic E-state index is 14.9. The number of carbonyl (C=O) groups is 3. The van der Waals surface area contributed by atoms with E-state index < -0.39 is 11.7 Å². The Labute approximate surface area is 269 Å². The summed E-state index contributed by atoms with van der Waals surface area (Å²) in [5.74, 6) is -0.889. The molecule has 6 rings (SSSR count). The van der Waals surface area contributed by atoms with E-state index in [0.29, 0.717) is 51.1 Å². The lowest BCUT2D eigenvalue weighted by Gasteiger charge is -2.34. The highest BCUT2D eigenvalue weighted by atomic mass is 19.1. The number of hydrogen-bond donors (Lipinski definition) is 3. The lowest BCUT2D eigenvalue weighted by molar-refractivity contribution is 0.0667. The van der Waals surface area contributed by atoms with Gasteiger partial charge in [-0.1, -0.05) is 36.4 Å². The van der Waals surface area contributed by atoms with Gasteiger partial charge in [0.05, 0.1) is 29.4 Å². The second-order valence-corrected chi connectivity index (χ2v) is 11.0. The molecule has 3 N–H and O–H groups in total. The number of nitrogens with one attached hydrogen (secondary N) is 3. The van der Waals surface area contributed by atoms with Crippen molar-refractivity contribution >= 4 is 40.0 Å². The van der Waals surface area contributed by atoms with Gasteiger partial charge < -0.3 is 25.2 Å². The number of nitrogens with zero attached hydrogens (tertiary/aromatic N) is 3. The third kappa shape index (κ3) is 6.81. The Morgan fingerprint density at radius 3 is 2.28 bits per heavy atom. The first kappa shape index (κ1) is 31.0. The summed E-state index contributed by atoms with van der Waals surface area (Å²) < 4.78 is 20.1. The molecule has 0 saturated carbocycles. The van der Waals surface area contributed by atoms with Crippen molar-refractivity contribution in [3.05, 3.63) is 130 Å². The molecule has 0 radical (unpaired) electrons. The number of fused-ring (bicyclic) bond motifs is 1. The summed E-state index contributed by atoms with van der Waals surface area (Å²) >= 11 is 0. The molecule has 0 unspecified atom stereocenters. The van der Waals surface area contributed by atoms with Crippen molar-refractivity contribution in [2.24, 2.45) is 0 Å². The molecule has 2 heterocycles. The van der Waals surface area contributed by atoms with Crippen molar-refractivity contribution in [2.45, 2.75) is 6.42 Å². The SMILES string of the molecule is COc1ccccc1NC(=O)c1ccc(NC(=O)N2CCN(C(=O)c3cc(Cc4n[nH]c(=O)c5ccccc45)ccc3F)CC2)cc1. The molecule has 4 aromatic carbocycles. The standard InChI is InChI=1S/C35H31FN6O5/c1-47-31-9-5-4-8-29(31)38-32(43)23-11-13-24(14-12-23)37-35(46)42-18-16-41(17-19-42)34(45)27-20-22(10-15-28(27)36)21-30-25-6-2-3-7-26(25)33(44)40-39-30/h2-15,20H,16-19,21H2,1H3,(H,37,46)(H,38,43)(H,40,44). The molecule has 47 heavy (non-hydrogen) atoms. The monoisotopic (exact) mass is 634 g/mol. The Morgan fingerprint density at radius 1 is 0.851 bits per heavy atom. The van der Waals surface area contributed by atoms with Crippen molar-refractivity contribution in [3.63, 3.8) is 0 Å². The predicted octanol–water partition coefficient (Wildman–Crippen LogP) is 4.90. The number of urea groups is 1. The molecule has 0 atom stereocenters. The lowest BCUT2D eigenvalue weighted by atomic mass is 10.0. The quantitative estimate of drug-likeness (QED) is 0.233. The van der Waals surface area contributed by atoms with Crippen LogP contribution >= 0.6 is 0 Å². The number of halogens is 1. The van der Waals surface area contributed by atoms with Crippen molar-refractivity contribution in [1.82, 2.24) is 20.0 Å². The Balaban J connectivity index is 1.04. The second kappa shape index (κ2) is 13.5. The zero-order valence-corrected chi connectivity index (χ0v) is 25.5. The van der Waals surface area contributed by atoms with Gasteiger partial charge in [-0.15, -0.1) is 0 Å². The number of H-pyrrole nitrogens is 1. The Morgan fingerprint density at radius 2 is 1.53 bits per heavy atom. The molecule has 5 aromatic rings. The number of rotatable bonds is 7. The van der Waals surface area contributed by atoms with Crippen molar-refractivity contribution in [1.29, 1.82) is 0 Å². The van der Waals surface area contributed by atoms with Crippen LogP contribution in [-0.4, -0.2) is 71.1 Å². The maximum atomic E-state index is 14.9. The van der Waals surface area contributed by atoms with E-state index in [1.165, 1.54) is 24.1 Å². The number of benzene rings is 4. The molecule has 0 bridgehead atoms. The van der Waals surface area contributed by atoms with E-state index in [9.17, 15) is 23.6 Å². The summed E-state index contributed by atoms with van der Waals surface area (Å²) in [6, 6.07) is 24.7. The molecular formula is C35H31FN6O5. The second-order valence-electron chi connectivity index (χ2n) is 11.0. The normalized spacial score (nSPS) is 12.9. The molecule has 1 saturated heterocycles. The summed E-state index contributed by atoms with van der Waals surface area (Å²) in [6.45, 7) is 0.964. The van der Waals surface area contributed by atoms with Gasteiger partial charge in [-0.3, -0.25) is 14.4 Å². The molecule has 0 spiro atoms. The highest BCUT2D eigenvalue weighted by Gasteiger charge is 2.27. The van der Waals surface area contributed by atoms with Crippen LogP contribution in [0.25, 0.3) is 10.8 Å². The number of piperazine rings is 1. The largest absolute Gasteiger partial charge is 0.495 e. The van der Waals surface area contributed by atoms with Crippen LogP contribution in [0.3, 0.4) is 0 Å². The van der Waals surface area contributed by atoms with Crippen LogP contribution < -0.4 is 20.9 Å². The smallest absolute Gasteiger partial charge is 0.321 e. The summed E-state index contributed by atoms with van der Waals surface area (Å²) in [7, 11) is 1.53. The summed E-state index contributed by atoms with van der Waals surface area (Å²) in [4.78, 5) is 54.3. The van der Waals surface area contributed by atoms with E-state index in [1.807, 2.05) is 6.07 Å². The molecule has 1 aliphatic heterocycles. The van der Waals surface area contributed by atoms with Gasteiger partial charge >= 0.3 is 6.03 Å². The van der Waals surface area contributed by atoms with Crippen molar-refractivity contribution in [3.8, 4) is 5.75 Å². The summed E-state index contributed by atoms with van der Waals surface area (Å²) in [6.07, 6.45) is 0.291. The fourth-order valence-electron chi connectivity index (χ4n) is 5.48. The molecule has 238 valence electrons. The highest BCUT2D eigenvalue weighted by Crippen LogP contribution is 2.24. The van der Waals surface area contributed by atoms with Crippen LogP contribution in [0, 0.1) is 5.82 Å². The van der Waals surface area contributed by atoms with Gasteiger partial charge in [0.15, 0.2) is 0 Å². The van der Waals surface area contributed by atoms with Gasteiger partial charge in [-0.25, -0.2) is 14.3 Å². The van der Waals surface area contributed by atoms with Gasteiger partial charge in [-0.2, -0.15) is 5.10 Å². The zero-order chi connectivity index (χ0) is 32.9. The zero-order valence-electron chi connectivity index (χ0n) is 25.5. The third-order valence-corrected chi connectivity index (χ3v) is 8.02. The van der Waals surface area contributed by atoms with Crippen LogP contribution in [0.1, 0.15) is 32.0 Å². The van der Waals surface area contributed by atoms with Gasteiger partial charge in [0, 0.05) is 49.2 Å². The lowest BCUT2D eigenvalue weighted by Crippen LogP contribution is -2.51. The summed E-state index contributed by atoms with van der Waals surface area (Å²) in [5, 5.41) is 13.5. The maximum Gasteiger partial charge on any atom is 0.321 e. The highest BCUT2D eigenvalue weighted by molar-refractivity contribution is 6.05. The van der Waals surface area contributed by atoms with Crippen molar-refractivity contribution < 1.29 is 23.5 Å². The van der Waals surface area contributed by atoms with E-state index in [2.05, 4.69) is 20.8 Å². The number of carbonyl (C=O) groups excluding carboxylic acids is 3. The minimum atomic E-state index is -0.641. The predicted molar refractivity (Wildman–Crippen MR) is 175 cm³/mol. The van der Waals surface area contributed by atoms with Crippen molar-refractivity contribution in [2.75, 3.05) is 43.9 Å². The number of ether oxygens (including phenoxy) is 1. The number of aromatic nitrogens is 2. The van der Waals surface area contributed by atoms with Gasteiger partial charge in [0.1, 0.15) is 11.6 Å². The number of para-hydroxylation sites is 2. The Bertz CT molecular complexity index is 2020. The molecule has 1 fully saturated rings. The van der Waals surface area contributed by atoms with E-state index in [0.717, 1.165) is 0 Å². The fourth-order valence-corrected chi connectivity index (χ4v) is 5.48. The van der Waals surface area contributed by atoms with Crippen LogP contribution in [0.5, 0.6) is 5.75 Å². The van der Waals surface area contributed by atoms with E-state index in [4.69, 9.17) is 4.74 Å². The van der Waals surface area contributed by atoms with E-state index >= 15 is 0 Å². The number of hydrogen-bond acceptors (Lipinski definition) is 6. The number of amides is 4. The third-order valence-electron chi connectivity index (χ3n) is 8.02. The molecule has 0 aliphatic carbocycles. The van der Waals surface area contributed by atoms with E-state index in [-0.39, 0.29) is 49.2 Å². The Kier molecular flexibility index (Phi) is 8.91. The van der Waals surface area contributed by atoms with Crippen LogP contribution in [-0.2, 0) is 6.42 Å². The molecule has 12 heteroatoms. The van der Waals surface area contributed by atoms with Gasteiger partial charge in [-0.05, 0) is 60.2 Å². The molecule has 11 nitrogen and oxygen atoms in total. The molecular weight excluding hydrogens is 603 g/mol. The minimum absolute atomic E-state index is 0.0658. The first-order chi connectivity index (χ1) is 22.8.